The van der Waals surface area contributed by atoms with Crippen LogP contribution in [0.1, 0.15) is 41.7 Å². The molecule has 3 rings (SSSR count). The fourth-order valence-electron chi connectivity index (χ4n) is 2.59. The Morgan fingerprint density at radius 1 is 1.43 bits per heavy atom. The van der Waals surface area contributed by atoms with Crippen LogP contribution in [0.5, 0.6) is 0 Å². The van der Waals surface area contributed by atoms with Crippen LogP contribution in [0.25, 0.3) is 6.08 Å². The van der Waals surface area contributed by atoms with E-state index in [0.717, 1.165) is 17.5 Å². The summed E-state index contributed by atoms with van der Waals surface area (Å²) in [5, 5.41) is 3.82. The predicted molar refractivity (Wildman–Crippen MR) is 78.1 cm³/mol. The average molecular weight is 283 g/mol. The van der Waals surface area contributed by atoms with Crippen molar-refractivity contribution in [3.05, 3.63) is 53.7 Å². The molecule has 0 bridgehead atoms. The molecule has 1 aliphatic heterocycles. The monoisotopic (exact) mass is 283 g/mol. The summed E-state index contributed by atoms with van der Waals surface area (Å²) in [6.07, 6.45) is 3.05. The van der Waals surface area contributed by atoms with Crippen molar-refractivity contribution in [1.29, 1.82) is 0 Å². The maximum Gasteiger partial charge on any atom is 0.249 e. The van der Waals surface area contributed by atoms with E-state index in [1.807, 2.05) is 29.2 Å². The molecule has 2 heterocycles. The van der Waals surface area contributed by atoms with Gasteiger partial charge in [0.2, 0.25) is 11.8 Å². The van der Waals surface area contributed by atoms with Gasteiger partial charge in [0.15, 0.2) is 5.82 Å². The number of hydrogen-bond acceptors (Lipinski definition) is 4. The van der Waals surface area contributed by atoms with Gasteiger partial charge in [-0.05, 0) is 24.5 Å². The lowest BCUT2D eigenvalue weighted by atomic mass is 10.1. The molecule has 21 heavy (non-hydrogen) atoms. The fraction of sp³-hybridized carbons (Fsp3) is 0.312. The van der Waals surface area contributed by atoms with Crippen molar-refractivity contribution in [2.45, 2.75) is 32.4 Å². The minimum Gasteiger partial charge on any atom is -0.337 e. The summed E-state index contributed by atoms with van der Waals surface area (Å²) in [5.74, 6) is 1.25. The lowest BCUT2D eigenvalue weighted by molar-refractivity contribution is -0.129. The summed E-state index contributed by atoms with van der Waals surface area (Å²) in [5.41, 5.74) is 2.15. The molecule has 1 amide bonds. The van der Waals surface area contributed by atoms with E-state index in [9.17, 15) is 4.79 Å². The topological polar surface area (TPSA) is 59.2 Å². The molecule has 0 unspecified atom stereocenters. The van der Waals surface area contributed by atoms with Crippen LogP contribution in [0.2, 0.25) is 0 Å². The zero-order chi connectivity index (χ0) is 14.8. The third-order valence-corrected chi connectivity index (χ3v) is 3.72. The van der Waals surface area contributed by atoms with E-state index in [0.29, 0.717) is 24.7 Å². The van der Waals surface area contributed by atoms with Crippen LogP contribution < -0.4 is 0 Å². The summed E-state index contributed by atoms with van der Waals surface area (Å²) in [7, 11) is 0. The van der Waals surface area contributed by atoms with Gasteiger partial charge in [0.05, 0.1) is 0 Å². The number of nitrogens with zero attached hydrogens (tertiary/aromatic N) is 3. The Morgan fingerprint density at radius 3 is 2.81 bits per heavy atom. The van der Waals surface area contributed by atoms with Crippen LogP contribution in [0.15, 0.2) is 35.4 Å². The smallest absolute Gasteiger partial charge is 0.249 e. The predicted octanol–water partition coefficient (Wildman–Crippen LogP) is 2.88. The minimum atomic E-state index is -0.113. The van der Waals surface area contributed by atoms with Gasteiger partial charge in [0, 0.05) is 13.0 Å². The highest BCUT2D eigenvalue weighted by Crippen LogP contribution is 2.33. The molecular formula is C16H17N3O2. The van der Waals surface area contributed by atoms with Gasteiger partial charge in [-0.3, -0.25) is 4.79 Å². The van der Waals surface area contributed by atoms with Crippen LogP contribution in [0, 0.1) is 6.92 Å². The molecule has 1 aliphatic rings. The van der Waals surface area contributed by atoms with Crippen LogP contribution in [-0.4, -0.2) is 20.9 Å². The maximum absolute atomic E-state index is 12.1. The van der Waals surface area contributed by atoms with Crippen molar-refractivity contribution in [2.24, 2.45) is 0 Å². The molecule has 1 aromatic carbocycles. The number of aromatic nitrogens is 2. The number of amides is 1. The lowest BCUT2D eigenvalue weighted by Gasteiger charge is -2.22. The summed E-state index contributed by atoms with van der Waals surface area (Å²) in [4.78, 5) is 18.2. The van der Waals surface area contributed by atoms with Crippen LogP contribution in [-0.2, 0) is 11.3 Å². The number of carbonyl (C=O) groups is 1. The van der Waals surface area contributed by atoms with Crippen molar-refractivity contribution in [3.63, 3.8) is 0 Å². The molecule has 1 saturated heterocycles. The first-order chi connectivity index (χ1) is 10.2. The number of aryl methyl sites for hydroxylation is 1. The number of carbonyl (C=O) groups excluding carboxylic acids is 1. The first-order valence-corrected chi connectivity index (χ1v) is 6.98. The second-order valence-corrected chi connectivity index (χ2v) is 5.20. The third kappa shape index (κ3) is 2.72. The first-order valence-electron chi connectivity index (χ1n) is 6.98. The van der Waals surface area contributed by atoms with Crippen molar-refractivity contribution in [1.82, 2.24) is 15.0 Å². The van der Waals surface area contributed by atoms with Gasteiger partial charge in [-0.25, -0.2) is 0 Å². The van der Waals surface area contributed by atoms with Crippen molar-refractivity contribution in [3.8, 4) is 0 Å². The van der Waals surface area contributed by atoms with Crippen molar-refractivity contribution >= 4 is 12.0 Å². The van der Waals surface area contributed by atoms with Gasteiger partial charge in [0.25, 0.3) is 0 Å². The molecule has 0 spiro atoms. The van der Waals surface area contributed by atoms with Gasteiger partial charge >= 0.3 is 0 Å². The first kappa shape index (κ1) is 13.5. The molecule has 0 aliphatic carbocycles. The van der Waals surface area contributed by atoms with Crippen LogP contribution >= 0.6 is 0 Å². The maximum atomic E-state index is 12.1. The highest BCUT2D eigenvalue weighted by molar-refractivity contribution is 5.78. The highest BCUT2D eigenvalue weighted by atomic mass is 16.5. The number of benzene rings is 1. The molecule has 1 atom stereocenters. The Hall–Kier alpha value is -2.43. The van der Waals surface area contributed by atoms with Crippen LogP contribution in [0.4, 0.5) is 0 Å². The zero-order valence-electron chi connectivity index (χ0n) is 12.0. The fourth-order valence-corrected chi connectivity index (χ4v) is 2.59. The van der Waals surface area contributed by atoms with Gasteiger partial charge in [-0.1, -0.05) is 42.1 Å². The number of hydrogen-bond donors (Lipinski definition) is 0. The Kier molecular flexibility index (Phi) is 3.56. The van der Waals surface area contributed by atoms with Gasteiger partial charge < -0.3 is 9.42 Å². The van der Waals surface area contributed by atoms with Crippen molar-refractivity contribution < 1.29 is 9.32 Å². The summed E-state index contributed by atoms with van der Waals surface area (Å²) < 4.78 is 5.23. The molecule has 108 valence electrons. The van der Waals surface area contributed by atoms with E-state index in [-0.39, 0.29) is 11.9 Å². The lowest BCUT2D eigenvalue weighted by Crippen LogP contribution is -2.27. The Bertz CT molecular complexity index is 660. The summed E-state index contributed by atoms with van der Waals surface area (Å²) in [6.45, 7) is 6.08. The highest BCUT2D eigenvalue weighted by Gasteiger charge is 2.35. The Morgan fingerprint density at radius 2 is 2.19 bits per heavy atom. The zero-order valence-corrected chi connectivity index (χ0v) is 12.0. The van der Waals surface area contributed by atoms with Crippen LogP contribution in [0.3, 0.4) is 0 Å². The second kappa shape index (κ2) is 5.52. The summed E-state index contributed by atoms with van der Waals surface area (Å²) in [6, 6.07) is 7.90. The number of rotatable bonds is 4. The van der Waals surface area contributed by atoms with Gasteiger partial charge in [-0.15, -0.1) is 0 Å². The van der Waals surface area contributed by atoms with E-state index in [2.05, 4.69) is 16.7 Å². The van der Waals surface area contributed by atoms with Crippen molar-refractivity contribution in [2.75, 3.05) is 0 Å². The van der Waals surface area contributed by atoms with E-state index in [1.54, 1.807) is 13.0 Å². The van der Waals surface area contributed by atoms with E-state index in [4.69, 9.17) is 4.52 Å². The number of likely N-dealkylation sites (tertiary alicyclic amines) is 1. The summed E-state index contributed by atoms with van der Waals surface area (Å²) >= 11 is 0. The third-order valence-electron chi connectivity index (χ3n) is 3.72. The minimum absolute atomic E-state index is 0.113. The SMILES string of the molecule is C=Cc1ccc(CN2C(=O)CC[C@H]2c2nc(C)no2)cc1. The van der Waals surface area contributed by atoms with E-state index in [1.165, 1.54) is 0 Å². The molecule has 0 radical (unpaired) electrons. The second-order valence-electron chi connectivity index (χ2n) is 5.20. The molecule has 2 aromatic rings. The normalized spacial score (nSPS) is 18.2. The van der Waals surface area contributed by atoms with Gasteiger partial charge in [0.1, 0.15) is 6.04 Å². The Labute approximate surface area is 123 Å². The molecule has 5 heteroatoms. The van der Waals surface area contributed by atoms with E-state index >= 15 is 0 Å². The molecule has 1 fully saturated rings. The molecule has 0 N–H and O–H groups in total. The quantitative estimate of drug-likeness (QED) is 0.865. The van der Waals surface area contributed by atoms with Gasteiger partial charge in [-0.2, -0.15) is 4.98 Å². The Balaban J connectivity index is 1.80. The standard InChI is InChI=1S/C16H17N3O2/c1-3-12-4-6-13(7-5-12)10-19-14(8-9-15(19)20)16-17-11(2)18-21-16/h3-7,14H,1,8-10H2,2H3/t14-/m0/s1. The molecular weight excluding hydrogens is 266 g/mol. The largest absolute Gasteiger partial charge is 0.337 e. The molecule has 1 aromatic heterocycles. The average Bonchev–Trinajstić information content (AvgIpc) is 3.07. The van der Waals surface area contributed by atoms with E-state index < -0.39 is 0 Å². The molecule has 5 nitrogen and oxygen atoms in total. The molecule has 0 saturated carbocycles.